The fourth-order valence-corrected chi connectivity index (χ4v) is 3.14. The molecule has 0 bridgehead atoms. The standard InChI is InChI=1S/C17H15N3O3S/c1-23-12-4-2-11(3-5-12)8-16-13(6-7-24-16)14(21)9-15(22)17-18-10-19-20-17/h2-7,9-10,22H,8H2,1H3,(H,18,19,20). The monoisotopic (exact) mass is 341 g/mol. The summed E-state index contributed by atoms with van der Waals surface area (Å²) >= 11 is 1.51. The number of carbonyl (C=O) groups is 1. The van der Waals surface area contributed by atoms with Gasteiger partial charge >= 0.3 is 0 Å². The quantitative estimate of drug-likeness (QED) is 0.408. The van der Waals surface area contributed by atoms with Gasteiger partial charge in [0.25, 0.3) is 0 Å². The predicted octanol–water partition coefficient (Wildman–Crippen LogP) is 3.25. The number of nitrogens with one attached hydrogen (secondary N) is 1. The molecule has 0 unspecified atom stereocenters. The average Bonchev–Trinajstić information content (AvgIpc) is 3.27. The lowest BCUT2D eigenvalue weighted by atomic mass is 10.1. The maximum absolute atomic E-state index is 12.4. The van der Waals surface area contributed by atoms with E-state index < -0.39 is 0 Å². The number of aliphatic hydroxyl groups is 1. The summed E-state index contributed by atoms with van der Waals surface area (Å²) in [6.07, 6.45) is 3.12. The topological polar surface area (TPSA) is 88.1 Å². The molecule has 1 aromatic carbocycles. The van der Waals surface area contributed by atoms with Gasteiger partial charge in [0.1, 0.15) is 12.1 Å². The summed E-state index contributed by atoms with van der Waals surface area (Å²) in [5.74, 6) is 0.348. The lowest BCUT2D eigenvalue weighted by Crippen LogP contribution is -2.00. The number of hydrogen-bond acceptors (Lipinski definition) is 6. The molecule has 0 fully saturated rings. The normalized spacial score (nSPS) is 11.5. The lowest BCUT2D eigenvalue weighted by Gasteiger charge is -2.04. The highest BCUT2D eigenvalue weighted by Gasteiger charge is 2.14. The van der Waals surface area contributed by atoms with E-state index in [9.17, 15) is 9.90 Å². The molecule has 3 rings (SSSR count). The van der Waals surface area contributed by atoms with E-state index in [-0.39, 0.29) is 17.4 Å². The van der Waals surface area contributed by atoms with E-state index in [2.05, 4.69) is 15.2 Å². The minimum Gasteiger partial charge on any atom is -0.504 e. The van der Waals surface area contributed by atoms with Crippen molar-refractivity contribution in [2.45, 2.75) is 6.42 Å². The molecule has 2 heterocycles. The Bertz CT molecular complexity index is 852. The Hall–Kier alpha value is -2.93. The Balaban J connectivity index is 1.79. The van der Waals surface area contributed by atoms with Crippen molar-refractivity contribution in [2.24, 2.45) is 0 Å². The molecular formula is C17H15N3O3S. The van der Waals surface area contributed by atoms with Crippen LogP contribution in [0.2, 0.25) is 0 Å². The van der Waals surface area contributed by atoms with Crippen LogP contribution in [0.5, 0.6) is 5.75 Å². The average molecular weight is 341 g/mol. The highest BCUT2D eigenvalue weighted by Crippen LogP contribution is 2.23. The molecule has 0 spiro atoms. The SMILES string of the molecule is COc1ccc(Cc2sccc2C(=O)C=C(O)c2nc[nH]n2)cc1. The van der Waals surface area contributed by atoms with Gasteiger partial charge in [-0.1, -0.05) is 12.1 Å². The molecule has 2 N–H and O–H groups in total. The van der Waals surface area contributed by atoms with Crippen LogP contribution in [-0.2, 0) is 6.42 Å². The predicted molar refractivity (Wildman–Crippen MR) is 91.4 cm³/mol. The number of methoxy groups -OCH3 is 1. The molecule has 24 heavy (non-hydrogen) atoms. The molecule has 0 aliphatic rings. The maximum Gasteiger partial charge on any atom is 0.215 e. The van der Waals surface area contributed by atoms with Crippen molar-refractivity contribution >= 4 is 22.9 Å². The zero-order chi connectivity index (χ0) is 16.9. The molecule has 0 saturated carbocycles. The minimum atomic E-state index is -0.276. The molecule has 122 valence electrons. The Morgan fingerprint density at radius 1 is 1.33 bits per heavy atom. The van der Waals surface area contributed by atoms with Crippen LogP contribution in [-0.4, -0.2) is 33.2 Å². The number of carbonyl (C=O) groups excluding carboxylic acids is 1. The van der Waals surface area contributed by atoms with Crippen molar-refractivity contribution in [1.82, 2.24) is 15.2 Å². The maximum atomic E-state index is 12.4. The number of ketones is 1. The highest BCUT2D eigenvalue weighted by molar-refractivity contribution is 7.10. The number of nitrogens with zero attached hydrogens (tertiary/aromatic N) is 2. The number of aromatic amines is 1. The number of benzene rings is 1. The van der Waals surface area contributed by atoms with Crippen LogP contribution in [0.3, 0.4) is 0 Å². The third-order valence-corrected chi connectivity index (χ3v) is 4.37. The summed E-state index contributed by atoms with van der Waals surface area (Å²) in [5, 5.41) is 18.0. The van der Waals surface area contributed by atoms with Gasteiger partial charge in [-0.2, -0.15) is 5.10 Å². The second-order valence-corrected chi connectivity index (χ2v) is 6.00. The number of hydrogen-bond donors (Lipinski definition) is 2. The van der Waals surface area contributed by atoms with Gasteiger partial charge in [0.2, 0.25) is 5.82 Å². The molecule has 0 aliphatic heterocycles. The van der Waals surface area contributed by atoms with Crippen LogP contribution in [0.1, 0.15) is 26.6 Å². The molecule has 7 heteroatoms. The second-order valence-electron chi connectivity index (χ2n) is 5.00. The number of aromatic nitrogens is 3. The summed E-state index contributed by atoms with van der Waals surface area (Å²) in [5.41, 5.74) is 1.65. The van der Waals surface area contributed by atoms with E-state index in [1.165, 1.54) is 17.7 Å². The molecule has 0 saturated heterocycles. The van der Waals surface area contributed by atoms with Gasteiger partial charge in [-0.3, -0.25) is 9.89 Å². The summed E-state index contributed by atoms with van der Waals surface area (Å²) < 4.78 is 5.14. The van der Waals surface area contributed by atoms with Crippen molar-refractivity contribution < 1.29 is 14.6 Å². The Kier molecular flexibility index (Phi) is 4.72. The molecule has 0 atom stereocenters. The van der Waals surface area contributed by atoms with Gasteiger partial charge < -0.3 is 9.84 Å². The zero-order valence-corrected chi connectivity index (χ0v) is 13.7. The number of aliphatic hydroxyl groups excluding tert-OH is 1. The smallest absolute Gasteiger partial charge is 0.215 e. The van der Waals surface area contributed by atoms with Crippen LogP contribution >= 0.6 is 11.3 Å². The first-order valence-electron chi connectivity index (χ1n) is 7.18. The van der Waals surface area contributed by atoms with Gasteiger partial charge in [0, 0.05) is 22.9 Å². The van der Waals surface area contributed by atoms with Crippen molar-refractivity contribution in [3.63, 3.8) is 0 Å². The van der Waals surface area contributed by atoms with Gasteiger partial charge in [-0.15, -0.1) is 11.3 Å². The van der Waals surface area contributed by atoms with E-state index in [1.807, 2.05) is 29.6 Å². The molecule has 3 aromatic rings. The Morgan fingerprint density at radius 2 is 2.12 bits per heavy atom. The van der Waals surface area contributed by atoms with Crippen LogP contribution in [0.25, 0.3) is 5.76 Å². The molecule has 6 nitrogen and oxygen atoms in total. The van der Waals surface area contributed by atoms with Gasteiger partial charge in [-0.25, -0.2) is 4.98 Å². The summed E-state index contributed by atoms with van der Waals surface area (Å²) in [6.45, 7) is 0. The number of H-pyrrole nitrogens is 1. The molecule has 0 aliphatic carbocycles. The van der Waals surface area contributed by atoms with E-state index in [0.29, 0.717) is 12.0 Å². The first kappa shape index (κ1) is 15.9. The van der Waals surface area contributed by atoms with Gasteiger partial charge in [-0.05, 0) is 29.1 Å². The van der Waals surface area contributed by atoms with Gasteiger partial charge in [0.15, 0.2) is 11.5 Å². The first-order chi connectivity index (χ1) is 11.7. The Morgan fingerprint density at radius 3 is 2.79 bits per heavy atom. The molecule has 0 radical (unpaired) electrons. The van der Waals surface area contributed by atoms with Gasteiger partial charge in [0.05, 0.1) is 7.11 Å². The fourth-order valence-electron chi connectivity index (χ4n) is 2.22. The minimum absolute atomic E-state index is 0.0929. The van der Waals surface area contributed by atoms with Crippen molar-refractivity contribution in [3.05, 3.63) is 69.9 Å². The van der Waals surface area contributed by atoms with Crippen molar-refractivity contribution in [1.29, 1.82) is 0 Å². The number of thiophene rings is 1. The zero-order valence-electron chi connectivity index (χ0n) is 12.9. The largest absolute Gasteiger partial charge is 0.504 e. The van der Waals surface area contributed by atoms with Crippen LogP contribution in [0.15, 0.2) is 48.1 Å². The Labute approximate surface area is 142 Å². The third-order valence-electron chi connectivity index (χ3n) is 3.45. The molecule has 0 amide bonds. The van der Waals surface area contributed by atoms with Crippen molar-refractivity contribution in [2.75, 3.05) is 7.11 Å². The second kappa shape index (κ2) is 7.10. The van der Waals surface area contributed by atoms with E-state index >= 15 is 0 Å². The van der Waals surface area contributed by atoms with Crippen LogP contribution in [0, 0.1) is 0 Å². The lowest BCUT2D eigenvalue weighted by molar-refractivity contribution is 0.104. The van der Waals surface area contributed by atoms with E-state index in [4.69, 9.17) is 4.74 Å². The van der Waals surface area contributed by atoms with E-state index in [0.717, 1.165) is 22.3 Å². The van der Waals surface area contributed by atoms with Crippen LogP contribution in [0.4, 0.5) is 0 Å². The summed E-state index contributed by atoms with van der Waals surface area (Å²) in [4.78, 5) is 17.2. The summed E-state index contributed by atoms with van der Waals surface area (Å²) in [7, 11) is 1.62. The highest BCUT2D eigenvalue weighted by atomic mass is 32.1. The first-order valence-corrected chi connectivity index (χ1v) is 8.06. The van der Waals surface area contributed by atoms with Crippen LogP contribution < -0.4 is 4.74 Å². The number of rotatable bonds is 6. The number of allylic oxidation sites excluding steroid dienone is 1. The molecular weight excluding hydrogens is 326 g/mol. The third kappa shape index (κ3) is 3.52. The van der Waals surface area contributed by atoms with Crippen molar-refractivity contribution in [3.8, 4) is 5.75 Å². The summed E-state index contributed by atoms with van der Waals surface area (Å²) in [6, 6.07) is 9.47. The van der Waals surface area contributed by atoms with E-state index in [1.54, 1.807) is 13.2 Å². The molecule has 2 aromatic heterocycles. The fraction of sp³-hybridized carbons (Fsp3) is 0.118. The number of ether oxygens (including phenoxy) is 1.